The predicted octanol–water partition coefficient (Wildman–Crippen LogP) is 0.921. The van der Waals surface area contributed by atoms with Crippen molar-refractivity contribution in [1.29, 1.82) is 0 Å². The van der Waals surface area contributed by atoms with Crippen LogP contribution in [0.15, 0.2) is 24.3 Å². The van der Waals surface area contributed by atoms with Crippen molar-refractivity contribution in [3.63, 3.8) is 0 Å². The van der Waals surface area contributed by atoms with E-state index in [1.165, 1.54) is 0 Å². The summed E-state index contributed by atoms with van der Waals surface area (Å²) >= 11 is 1.66. The molecule has 0 spiro atoms. The first-order valence-electron chi connectivity index (χ1n) is 6.91. The average molecular weight is 309 g/mol. The minimum Gasteiger partial charge on any atom is -0.353 e. The quantitative estimate of drug-likeness (QED) is 0.624. The molecule has 1 aromatic carbocycles. The van der Waals surface area contributed by atoms with E-state index in [-0.39, 0.29) is 11.8 Å². The third kappa shape index (κ3) is 6.64. The lowest BCUT2D eigenvalue weighted by Crippen LogP contribution is -2.43. The van der Waals surface area contributed by atoms with Gasteiger partial charge in [0.1, 0.15) is 0 Å². The molecule has 2 amide bonds. The number of carbonyl (C=O) groups is 2. The maximum atomic E-state index is 11.8. The number of carbonyl (C=O) groups excluding carboxylic acids is 2. The Hall–Kier alpha value is -1.53. The van der Waals surface area contributed by atoms with Crippen molar-refractivity contribution in [3.8, 4) is 0 Å². The van der Waals surface area contributed by atoms with Crippen LogP contribution in [0.3, 0.4) is 0 Å². The number of benzene rings is 1. The second-order valence-electron chi connectivity index (χ2n) is 4.80. The summed E-state index contributed by atoms with van der Waals surface area (Å²) in [6.07, 6.45) is 2.63. The lowest BCUT2D eigenvalue weighted by atomic mass is 10.1. The average Bonchev–Trinajstić information content (AvgIpc) is 2.49. The molecule has 1 aromatic rings. The van der Waals surface area contributed by atoms with Gasteiger partial charge in [-0.3, -0.25) is 9.59 Å². The van der Waals surface area contributed by atoms with Crippen molar-refractivity contribution in [2.75, 3.05) is 25.1 Å². The fraction of sp³-hybridized carbons (Fsp3) is 0.467. The summed E-state index contributed by atoms with van der Waals surface area (Å²) in [5, 5.41) is 5.48. The van der Waals surface area contributed by atoms with E-state index in [0.717, 1.165) is 11.3 Å². The molecule has 0 aliphatic carbocycles. The summed E-state index contributed by atoms with van der Waals surface area (Å²) in [5.74, 6) is 0.545. The van der Waals surface area contributed by atoms with Crippen LogP contribution in [-0.2, 0) is 4.79 Å². The van der Waals surface area contributed by atoms with Crippen LogP contribution in [0.1, 0.15) is 22.3 Å². The molecule has 0 radical (unpaired) electrons. The Bertz CT molecular complexity index is 462. The van der Waals surface area contributed by atoms with Gasteiger partial charge in [0.15, 0.2) is 0 Å². The molecule has 21 heavy (non-hydrogen) atoms. The van der Waals surface area contributed by atoms with Gasteiger partial charge in [0.25, 0.3) is 5.91 Å². The van der Waals surface area contributed by atoms with Gasteiger partial charge in [0.05, 0.1) is 6.04 Å². The maximum Gasteiger partial charge on any atom is 0.251 e. The van der Waals surface area contributed by atoms with Gasteiger partial charge >= 0.3 is 0 Å². The summed E-state index contributed by atoms with van der Waals surface area (Å²) in [6, 6.07) is 6.86. The number of amides is 2. The van der Waals surface area contributed by atoms with E-state index in [4.69, 9.17) is 5.73 Å². The molecule has 0 saturated heterocycles. The van der Waals surface area contributed by atoms with Crippen LogP contribution in [-0.4, -0.2) is 43.0 Å². The zero-order valence-electron chi connectivity index (χ0n) is 12.5. The van der Waals surface area contributed by atoms with Crippen LogP contribution in [0.25, 0.3) is 0 Å². The molecular formula is C15H23N3O2S. The Kier molecular flexibility index (Phi) is 7.85. The highest BCUT2D eigenvalue weighted by Crippen LogP contribution is 2.02. The molecule has 0 aromatic heterocycles. The lowest BCUT2D eigenvalue weighted by molar-refractivity contribution is -0.122. The molecule has 0 saturated carbocycles. The van der Waals surface area contributed by atoms with Gasteiger partial charge in [0, 0.05) is 18.7 Å². The highest BCUT2D eigenvalue weighted by molar-refractivity contribution is 7.98. The van der Waals surface area contributed by atoms with E-state index in [0.29, 0.717) is 25.1 Å². The second kappa shape index (κ2) is 9.41. The Labute approximate surface area is 130 Å². The van der Waals surface area contributed by atoms with Gasteiger partial charge < -0.3 is 16.4 Å². The van der Waals surface area contributed by atoms with Gasteiger partial charge in [-0.2, -0.15) is 11.8 Å². The van der Waals surface area contributed by atoms with Crippen LogP contribution in [0.4, 0.5) is 0 Å². The van der Waals surface area contributed by atoms with Crippen LogP contribution in [0.2, 0.25) is 0 Å². The number of nitrogens with two attached hydrogens (primary N) is 1. The van der Waals surface area contributed by atoms with Gasteiger partial charge in [-0.1, -0.05) is 17.7 Å². The summed E-state index contributed by atoms with van der Waals surface area (Å²) in [7, 11) is 0. The highest BCUT2D eigenvalue weighted by Gasteiger charge is 2.12. The predicted molar refractivity (Wildman–Crippen MR) is 87.5 cm³/mol. The van der Waals surface area contributed by atoms with Crippen molar-refractivity contribution in [1.82, 2.24) is 10.6 Å². The van der Waals surface area contributed by atoms with E-state index >= 15 is 0 Å². The number of nitrogens with one attached hydrogen (secondary N) is 2. The number of hydrogen-bond acceptors (Lipinski definition) is 4. The molecule has 6 heteroatoms. The molecule has 0 fully saturated rings. The minimum atomic E-state index is -0.481. The monoisotopic (exact) mass is 309 g/mol. The standard InChI is InChI=1S/C15H23N3O2S/c1-11-3-5-12(6-4-11)14(19)17-8-9-18-15(20)13(16)7-10-21-2/h3-6,13H,7-10,16H2,1-2H3,(H,17,19)(H,18,20)/t13-/m1/s1. The summed E-state index contributed by atoms with van der Waals surface area (Å²) in [5.41, 5.74) is 7.46. The van der Waals surface area contributed by atoms with E-state index in [2.05, 4.69) is 10.6 Å². The molecule has 0 bridgehead atoms. The van der Waals surface area contributed by atoms with Crippen LogP contribution in [0.5, 0.6) is 0 Å². The lowest BCUT2D eigenvalue weighted by Gasteiger charge is -2.12. The molecule has 0 aliphatic rings. The molecule has 5 nitrogen and oxygen atoms in total. The Morgan fingerprint density at radius 1 is 1.19 bits per heavy atom. The smallest absolute Gasteiger partial charge is 0.251 e. The van der Waals surface area contributed by atoms with Crippen LogP contribution in [0, 0.1) is 6.92 Å². The topological polar surface area (TPSA) is 84.2 Å². The van der Waals surface area contributed by atoms with E-state index in [9.17, 15) is 9.59 Å². The Morgan fingerprint density at radius 3 is 2.43 bits per heavy atom. The molecule has 116 valence electrons. The van der Waals surface area contributed by atoms with E-state index in [1.54, 1.807) is 23.9 Å². The van der Waals surface area contributed by atoms with E-state index in [1.807, 2.05) is 25.3 Å². The maximum absolute atomic E-state index is 11.8. The summed E-state index contributed by atoms with van der Waals surface area (Å²) in [6.45, 7) is 2.73. The zero-order chi connectivity index (χ0) is 15.7. The molecule has 0 aliphatic heterocycles. The van der Waals surface area contributed by atoms with Crippen LogP contribution >= 0.6 is 11.8 Å². The number of thioether (sulfide) groups is 1. The first-order valence-corrected chi connectivity index (χ1v) is 8.31. The largest absolute Gasteiger partial charge is 0.353 e. The molecule has 0 heterocycles. The van der Waals surface area contributed by atoms with Crippen molar-refractivity contribution in [3.05, 3.63) is 35.4 Å². The summed E-state index contributed by atoms with van der Waals surface area (Å²) in [4.78, 5) is 23.5. The zero-order valence-corrected chi connectivity index (χ0v) is 13.3. The van der Waals surface area contributed by atoms with Gasteiger partial charge in [0.2, 0.25) is 5.91 Å². The second-order valence-corrected chi connectivity index (χ2v) is 5.79. The fourth-order valence-corrected chi connectivity index (χ4v) is 2.17. The third-order valence-corrected chi connectivity index (χ3v) is 3.64. The molecule has 4 N–H and O–H groups in total. The minimum absolute atomic E-state index is 0.143. The van der Waals surface area contributed by atoms with Gasteiger partial charge in [-0.05, 0) is 37.5 Å². The van der Waals surface area contributed by atoms with Crippen molar-refractivity contribution >= 4 is 23.6 Å². The van der Waals surface area contributed by atoms with Crippen molar-refractivity contribution in [2.24, 2.45) is 5.73 Å². The normalized spacial score (nSPS) is 11.8. The van der Waals surface area contributed by atoms with Gasteiger partial charge in [-0.25, -0.2) is 0 Å². The van der Waals surface area contributed by atoms with Gasteiger partial charge in [-0.15, -0.1) is 0 Å². The Morgan fingerprint density at radius 2 is 1.81 bits per heavy atom. The first kappa shape index (κ1) is 17.5. The van der Waals surface area contributed by atoms with Crippen molar-refractivity contribution in [2.45, 2.75) is 19.4 Å². The first-order chi connectivity index (χ1) is 10.0. The SMILES string of the molecule is CSCC[C@@H](N)C(=O)NCCNC(=O)c1ccc(C)cc1. The molecular weight excluding hydrogens is 286 g/mol. The fourth-order valence-electron chi connectivity index (χ4n) is 1.68. The highest BCUT2D eigenvalue weighted by atomic mass is 32.2. The van der Waals surface area contributed by atoms with Crippen LogP contribution < -0.4 is 16.4 Å². The Balaban J connectivity index is 2.23. The van der Waals surface area contributed by atoms with E-state index < -0.39 is 6.04 Å². The molecule has 1 atom stereocenters. The summed E-state index contributed by atoms with van der Waals surface area (Å²) < 4.78 is 0. The number of aryl methyl sites for hydroxylation is 1. The number of rotatable bonds is 8. The molecule has 0 unspecified atom stereocenters. The number of hydrogen-bond donors (Lipinski definition) is 3. The molecule has 1 rings (SSSR count). The third-order valence-electron chi connectivity index (χ3n) is 2.99. The van der Waals surface area contributed by atoms with Crippen molar-refractivity contribution < 1.29 is 9.59 Å².